The van der Waals surface area contributed by atoms with Crippen LogP contribution in [0.3, 0.4) is 0 Å². The molecule has 0 aromatic heterocycles. The van der Waals surface area contributed by atoms with Gasteiger partial charge in [-0.25, -0.2) is 0 Å². The zero-order valence-electron chi connectivity index (χ0n) is 7.29. The molecule has 3 heteroatoms. The second-order valence-electron chi connectivity index (χ2n) is 2.57. The van der Waals surface area contributed by atoms with Crippen molar-refractivity contribution >= 4 is 0 Å². The van der Waals surface area contributed by atoms with E-state index in [9.17, 15) is 0 Å². The zero-order chi connectivity index (χ0) is 8.69. The summed E-state index contributed by atoms with van der Waals surface area (Å²) in [5.74, 6) is 0. The van der Waals surface area contributed by atoms with Crippen LogP contribution >= 0.6 is 0 Å². The summed E-state index contributed by atoms with van der Waals surface area (Å²) in [5, 5.41) is 17.8. The van der Waals surface area contributed by atoms with E-state index in [1.807, 2.05) is 13.8 Å². The van der Waals surface area contributed by atoms with E-state index in [0.717, 1.165) is 12.8 Å². The lowest BCUT2D eigenvalue weighted by Crippen LogP contribution is -2.31. The minimum absolute atomic E-state index is 0.208. The van der Waals surface area contributed by atoms with Gasteiger partial charge in [0.15, 0.2) is 0 Å². The van der Waals surface area contributed by atoms with Gasteiger partial charge in [-0.3, -0.25) is 0 Å². The van der Waals surface area contributed by atoms with Crippen molar-refractivity contribution in [2.24, 2.45) is 0 Å². The molecule has 0 aromatic carbocycles. The van der Waals surface area contributed by atoms with E-state index >= 15 is 0 Å². The number of hydrogen-bond acceptors (Lipinski definition) is 3. The van der Waals surface area contributed by atoms with Crippen LogP contribution in [0.1, 0.15) is 26.7 Å². The lowest BCUT2D eigenvalue weighted by atomic mass is 10.1. The molecule has 0 aliphatic carbocycles. The molecule has 0 aliphatic rings. The van der Waals surface area contributed by atoms with Crippen molar-refractivity contribution in [1.82, 2.24) is 0 Å². The monoisotopic (exact) mass is 162 g/mol. The summed E-state index contributed by atoms with van der Waals surface area (Å²) in [4.78, 5) is 0. The van der Waals surface area contributed by atoms with Gasteiger partial charge in [0.2, 0.25) is 0 Å². The molecule has 3 nitrogen and oxygen atoms in total. The quantitative estimate of drug-likeness (QED) is 0.599. The number of ether oxygens (including phenoxy) is 1. The second-order valence-corrected chi connectivity index (χ2v) is 2.57. The van der Waals surface area contributed by atoms with Crippen LogP contribution in [0.2, 0.25) is 0 Å². The Morgan fingerprint density at radius 3 is 2.36 bits per heavy atom. The third-order valence-corrected chi connectivity index (χ3v) is 1.55. The molecule has 11 heavy (non-hydrogen) atoms. The van der Waals surface area contributed by atoms with Gasteiger partial charge in [-0.15, -0.1) is 0 Å². The van der Waals surface area contributed by atoms with Gasteiger partial charge in [0, 0.05) is 6.61 Å². The number of aliphatic hydroxyl groups excluding tert-OH is 2. The Labute approximate surface area is 68.0 Å². The molecule has 0 bridgehead atoms. The Kier molecular flexibility index (Phi) is 6.51. The first-order valence-electron chi connectivity index (χ1n) is 4.16. The highest BCUT2D eigenvalue weighted by Gasteiger charge is 2.15. The molecule has 0 fully saturated rings. The first kappa shape index (κ1) is 10.9. The average Bonchev–Trinajstić information content (AvgIpc) is 2.05. The third kappa shape index (κ3) is 4.35. The highest BCUT2D eigenvalue weighted by atomic mass is 16.5. The van der Waals surface area contributed by atoms with Crippen LogP contribution < -0.4 is 0 Å². The molecule has 0 aromatic rings. The van der Waals surface area contributed by atoms with E-state index in [0.29, 0.717) is 6.61 Å². The van der Waals surface area contributed by atoms with Crippen LogP contribution in [-0.4, -0.2) is 35.6 Å². The van der Waals surface area contributed by atoms with Gasteiger partial charge in [-0.1, -0.05) is 13.8 Å². The fourth-order valence-corrected chi connectivity index (χ4v) is 0.888. The van der Waals surface area contributed by atoms with Gasteiger partial charge in [-0.05, 0) is 12.8 Å². The Morgan fingerprint density at radius 2 is 2.00 bits per heavy atom. The summed E-state index contributed by atoms with van der Waals surface area (Å²) in [6.07, 6.45) is 0.739. The minimum Gasteiger partial charge on any atom is -0.394 e. The third-order valence-electron chi connectivity index (χ3n) is 1.55. The van der Waals surface area contributed by atoms with Crippen molar-refractivity contribution in [2.45, 2.75) is 38.9 Å². The van der Waals surface area contributed by atoms with E-state index < -0.39 is 6.10 Å². The maximum Gasteiger partial charge on any atom is 0.103 e. The molecule has 0 amide bonds. The van der Waals surface area contributed by atoms with Crippen LogP contribution in [0.25, 0.3) is 0 Å². The molecule has 0 spiro atoms. The standard InChI is InChI=1S/C8H18O3/c1-3-5-11-8(4-2)7(10)6-9/h7-10H,3-6H2,1-2H3. The normalized spacial score (nSPS) is 16.4. The number of aliphatic hydroxyl groups is 2. The largest absolute Gasteiger partial charge is 0.394 e. The smallest absolute Gasteiger partial charge is 0.103 e. The van der Waals surface area contributed by atoms with Gasteiger partial charge in [0.05, 0.1) is 12.7 Å². The summed E-state index contributed by atoms with van der Waals surface area (Å²) < 4.78 is 5.28. The molecule has 0 aliphatic heterocycles. The predicted molar refractivity (Wildman–Crippen MR) is 43.4 cm³/mol. The molecule has 0 saturated carbocycles. The van der Waals surface area contributed by atoms with Crippen molar-refractivity contribution in [3.63, 3.8) is 0 Å². The van der Waals surface area contributed by atoms with Gasteiger partial charge < -0.3 is 14.9 Å². The summed E-state index contributed by atoms with van der Waals surface area (Å²) >= 11 is 0. The van der Waals surface area contributed by atoms with Gasteiger partial charge >= 0.3 is 0 Å². The lowest BCUT2D eigenvalue weighted by molar-refractivity contribution is -0.0588. The fourth-order valence-electron chi connectivity index (χ4n) is 0.888. The highest BCUT2D eigenvalue weighted by Crippen LogP contribution is 2.04. The van der Waals surface area contributed by atoms with Gasteiger partial charge in [0.25, 0.3) is 0 Å². The lowest BCUT2D eigenvalue weighted by Gasteiger charge is -2.19. The SMILES string of the molecule is CCCOC(CC)C(O)CO. The van der Waals surface area contributed by atoms with Crippen LogP contribution in [0.15, 0.2) is 0 Å². The maximum atomic E-state index is 9.17. The summed E-state index contributed by atoms with van der Waals surface area (Å²) in [7, 11) is 0. The van der Waals surface area contributed by atoms with Crippen LogP contribution in [0, 0.1) is 0 Å². The van der Waals surface area contributed by atoms with E-state index in [1.54, 1.807) is 0 Å². The zero-order valence-corrected chi connectivity index (χ0v) is 7.29. The topological polar surface area (TPSA) is 49.7 Å². The minimum atomic E-state index is -0.730. The first-order chi connectivity index (χ1) is 5.26. The van der Waals surface area contributed by atoms with E-state index in [-0.39, 0.29) is 12.7 Å². The highest BCUT2D eigenvalue weighted by molar-refractivity contribution is 4.65. The average molecular weight is 162 g/mol. The number of hydrogen-bond donors (Lipinski definition) is 2. The van der Waals surface area contributed by atoms with E-state index in [4.69, 9.17) is 14.9 Å². The van der Waals surface area contributed by atoms with Gasteiger partial charge in [0.1, 0.15) is 6.10 Å². The van der Waals surface area contributed by atoms with Crippen LogP contribution in [0.5, 0.6) is 0 Å². The Morgan fingerprint density at radius 1 is 1.36 bits per heavy atom. The van der Waals surface area contributed by atoms with Crippen molar-refractivity contribution in [3.05, 3.63) is 0 Å². The molecule has 0 heterocycles. The van der Waals surface area contributed by atoms with Crippen molar-refractivity contribution in [2.75, 3.05) is 13.2 Å². The Balaban J connectivity index is 3.56. The Hall–Kier alpha value is -0.120. The van der Waals surface area contributed by atoms with E-state index in [1.165, 1.54) is 0 Å². The van der Waals surface area contributed by atoms with Crippen LogP contribution in [0.4, 0.5) is 0 Å². The molecular weight excluding hydrogens is 144 g/mol. The second kappa shape index (κ2) is 6.58. The molecule has 0 radical (unpaired) electrons. The summed E-state index contributed by atoms with van der Waals surface area (Å²) in [6, 6.07) is 0. The molecule has 0 saturated heterocycles. The van der Waals surface area contributed by atoms with Crippen molar-refractivity contribution < 1.29 is 14.9 Å². The Bertz CT molecular complexity index is 85.4. The van der Waals surface area contributed by atoms with Crippen molar-refractivity contribution in [1.29, 1.82) is 0 Å². The first-order valence-corrected chi connectivity index (χ1v) is 4.16. The molecule has 2 atom stereocenters. The maximum absolute atomic E-state index is 9.17. The van der Waals surface area contributed by atoms with E-state index in [2.05, 4.69) is 0 Å². The van der Waals surface area contributed by atoms with Crippen LogP contribution in [-0.2, 0) is 4.74 Å². The van der Waals surface area contributed by atoms with Crippen molar-refractivity contribution in [3.8, 4) is 0 Å². The summed E-state index contributed by atoms with van der Waals surface area (Å²) in [5.41, 5.74) is 0. The molecule has 68 valence electrons. The fraction of sp³-hybridized carbons (Fsp3) is 1.00. The van der Waals surface area contributed by atoms with Gasteiger partial charge in [-0.2, -0.15) is 0 Å². The molecule has 0 rings (SSSR count). The molecular formula is C8H18O3. The predicted octanol–water partition coefficient (Wildman–Crippen LogP) is 0.545. The summed E-state index contributed by atoms with van der Waals surface area (Å²) in [6.45, 7) is 4.37. The molecule has 2 unspecified atom stereocenters. The number of rotatable bonds is 6. The molecule has 2 N–H and O–H groups in total.